The van der Waals surface area contributed by atoms with Gasteiger partial charge in [-0.15, -0.1) is 0 Å². The summed E-state index contributed by atoms with van der Waals surface area (Å²) in [4.78, 5) is 0. The first-order valence-electron chi connectivity index (χ1n) is 7.33. The van der Waals surface area contributed by atoms with Gasteiger partial charge in [-0.1, -0.05) is 18.2 Å². The van der Waals surface area contributed by atoms with Crippen LogP contribution >= 0.6 is 0 Å². The van der Waals surface area contributed by atoms with Gasteiger partial charge in [0.25, 0.3) is 0 Å². The summed E-state index contributed by atoms with van der Waals surface area (Å²) in [5, 5.41) is 3.43. The van der Waals surface area contributed by atoms with Gasteiger partial charge >= 0.3 is 0 Å². The van der Waals surface area contributed by atoms with Gasteiger partial charge in [-0.05, 0) is 68.7 Å². The smallest absolute Gasteiger partial charge is 0.122 e. The molecule has 1 aromatic carbocycles. The molecular formula is C16H23NO. The summed E-state index contributed by atoms with van der Waals surface area (Å²) < 4.78 is 5.99. The average molecular weight is 245 g/mol. The van der Waals surface area contributed by atoms with E-state index in [1.807, 2.05) is 0 Å². The fourth-order valence-corrected chi connectivity index (χ4v) is 2.70. The van der Waals surface area contributed by atoms with E-state index in [1.54, 1.807) is 0 Å². The van der Waals surface area contributed by atoms with Gasteiger partial charge in [0.15, 0.2) is 0 Å². The molecule has 1 heterocycles. The molecule has 2 heteroatoms. The number of rotatable bonds is 5. The highest BCUT2D eigenvalue weighted by molar-refractivity contribution is 5.33. The van der Waals surface area contributed by atoms with Crippen molar-refractivity contribution in [1.82, 2.24) is 5.32 Å². The normalized spacial score (nSPS) is 20.9. The first-order valence-corrected chi connectivity index (χ1v) is 7.33. The van der Waals surface area contributed by atoms with Gasteiger partial charge in [0.2, 0.25) is 0 Å². The maximum absolute atomic E-state index is 5.99. The number of hydrogen-bond donors (Lipinski definition) is 1. The molecule has 0 amide bonds. The predicted octanol–water partition coefficient (Wildman–Crippen LogP) is 3.02. The largest absolute Gasteiger partial charge is 0.493 e. The number of ether oxygens (including phenoxy) is 1. The molecule has 0 radical (unpaired) electrons. The van der Waals surface area contributed by atoms with Crippen LogP contribution in [-0.4, -0.2) is 19.7 Å². The number of benzene rings is 1. The molecule has 3 rings (SSSR count). The summed E-state index contributed by atoms with van der Waals surface area (Å²) in [6, 6.07) is 8.61. The Kier molecular flexibility index (Phi) is 3.84. The molecule has 1 aromatic rings. The first-order chi connectivity index (χ1) is 8.92. The third kappa shape index (κ3) is 3.26. The Balaban J connectivity index is 1.61. The van der Waals surface area contributed by atoms with Crippen LogP contribution in [-0.2, 0) is 6.42 Å². The van der Waals surface area contributed by atoms with E-state index in [2.05, 4.69) is 29.6 Å². The summed E-state index contributed by atoms with van der Waals surface area (Å²) in [7, 11) is 0. The highest BCUT2D eigenvalue weighted by Crippen LogP contribution is 2.31. The van der Waals surface area contributed by atoms with Crippen LogP contribution in [0, 0.1) is 11.8 Å². The molecule has 2 fully saturated rings. The van der Waals surface area contributed by atoms with Crippen molar-refractivity contribution in [2.24, 2.45) is 11.8 Å². The summed E-state index contributed by atoms with van der Waals surface area (Å²) in [6.07, 6.45) is 6.50. The van der Waals surface area contributed by atoms with Crippen molar-refractivity contribution in [1.29, 1.82) is 0 Å². The standard InChI is InChI=1S/C16H23NO/c1-2-4-16(18-12-14-5-6-14)15(3-1)11-13-7-9-17-10-8-13/h1-4,13-14,17H,5-12H2. The molecular weight excluding hydrogens is 222 g/mol. The Morgan fingerprint density at radius 2 is 1.78 bits per heavy atom. The molecule has 0 atom stereocenters. The topological polar surface area (TPSA) is 21.3 Å². The zero-order chi connectivity index (χ0) is 12.2. The molecule has 2 aliphatic rings. The van der Waals surface area contributed by atoms with Crippen LogP contribution in [0.2, 0.25) is 0 Å². The Bertz CT molecular complexity index is 380. The lowest BCUT2D eigenvalue weighted by molar-refractivity contribution is 0.292. The molecule has 1 aliphatic carbocycles. The maximum atomic E-state index is 5.99. The second kappa shape index (κ2) is 5.75. The van der Waals surface area contributed by atoms with Crippen LogP contribution in [0.1, 0.15) is 31.2 Å². The number of hydrogen-bond acceptors (Lipinski definition) is 2. The Hall–Kier alpha value is -1.02. The first kappa shape index (κ1) is 12.0. The SMILES string of the molecule is c1ccc(OCC2CC2)c(CC2CCNCC2)c1. The molecule has 0 bridgehead atoms. The van der Waals surface area contributed by atoms with Gasteiger partial charge in [-0.2, -0.15) is 0 Å². The zero-order valence-electron chi connectivity index (χ0n) is 11.0. The van der Waals surface area contributed by atoms with E-state index >= 15 is 0 Å². The van der Waals surface area contributed by atoms with Crippen molar-refractivity contribution < 1.29 is 4.74 Å². The molecule has 98 valence electrons. The van der Waals surface area contributed by atoms with Crippen molar-refractivity contribution in [2.45, 2.75) is 32.1 Å². The van der Waals surface area contributed by atoms with Gasteiger partial charge in [0.05, 0.1) is 6.61 Å². The van der Waals surface area contributed by atoms with E-state index < -0.39 is 0 Å². The summed E-state index contributed by atoms with van der Waals surface area (Å²) in [5.74, 6) is 2.79. The van der Waals surface area contributed by atoms with Gasteiger partial charge in [-0.25, -0.2) is 0 Å². The van der Waals surface area contributed by atoms with Crippen LogP contribution < -0.4 is 10.1 Å². The average Bonchev–Trinajstić information content (AvgIpc) is 3.23. The van der Waals surface area contributed by atoms with E-state index in [-0.39, 0.29) is 0 Å². The minimum absolute atomic E-state index is 0.830. The molecule has 1 saturated carbocycles. The molecule has 0 unspecified atom stereocenters. The molecule has 1 saturated heterocycles. The Labute approximate surface area is 110 Å². The van der Waals surface area contributed by atoms with Crippen LogP contribution in [0.3, 0.4) is 0 Å². The summed E-state index contributed by atoms with van der Waals surface area (Å²) in [6.45, 7) is 3.27. The quantitative estimate of drug-likeness (QED) is 0.861. The van der Waals surface area contributed by atoms with E-state index in [0.29, 0.717) is 0 Å². The second-order valence-electron chi connectivity index (χ2n) is 5.76. The second-order valence-corrected chi connectivity index (χ2v) is 5.76. The van der Waals surface area contributed by atoms with Gasteiger partial charge in [-0.3, -0.25) is 0 Å². The number of piperidine rings is 1. The summed E-state index contributed by atoms with van der Waals surface area (Å²) in [5.41, 5.74) is 1.41. The van der Waals surface area contributed by atoms with Gasteiger partial charge < -0.3 is 10.1 Å². The lowest BCUT2D eigenvalue weighted by atomic mass is 9.91. The third-order valence-electron chi connectivity index (χ3n) is 4.11. The Morgan fingerprint density at radius 1 is 1.00 bits per heavy atom. The van der Waals surface area contributed by atoms with Gasteiger partial charge in [0.1, 0.15) is 5.75 Å². The van der Waals surface area contributed by atoms with Crippen molar-refractivity contribution in [3.8, 4) is 5.75 Å². The molecule has 0 spiro atoms. The van der Waals surface area contributed by atoms with Gasteiger partial charge in [0, 0.05) is 0 Å². The zero-order valence-corrected chi connectivity index (χ0v) is 11.0. The van der Waals surface area contributed by atoms with Crippen molar-refractivity contribution in [2.75, 3.05) is 19.7 Å². The highest BCUT2D eigenvalue weighted by atomic mass is 16.5. The molecule has 1 aliphatic heterocycles. The third-order valence-corrected chi connectivity index (χ3v) is 4.11. The monoisotopic (exact) mass is 245 g/mol. The number of para-hydroxylation sites is 1. The van der Waals surface area contributed by atoms with E-state index in [4.69, 9.17) is 4.74 Å². The van der Waals surface area contributed by atoms with E-state index in [1.165, 1.54) is 50.8 Å². The van der Waals surface area contributed by atoms with Crippen molar-refractivity contribution in [3.05, 3.63) is 29.8 Å². The Morgan fingerprint density at radius 3 is 2.56 bits per heavy atom. The fraction of sp³-hybridized carbons (Fsp3) is 0.625. The number of nitrogens with one attached hydrogen (secondary N) is 1. The minimum atomic E-state index is 0.830. The lowest BCUT2D eigenvalue weighted by Gasteiger charge is -2.23. The highest BCUT2D eigenvalue weighted by Gasteiger charge is 2.22. The molecule has 0 aromatic heterocycles. The lowest BCUT2D eigenvalue weighted by Crippen LogP contribution is -2.28. The van der Waals surface area contributed by atoms with Crippen LogP contribution in [0.4, 0.5) is 0 Å². The fourth-order valence-electron chi connectivity index (χ4n) is 2.70. The van der Waals surface area contributed by atoms with E-state index in [9.17, 15) is 0 Å². The van der Waals surface area contributed by atoms with Crippen LogP contribution in [0.25, 0.3) is 0 Å². The molecule has 1 N–H and O–H groups in total. The molecule has 2 nitrogen and oxygen atoms in total. The van der Waals surface area contributed by atoms with Crippen LogP contribution in [0.5, 0.6) is 5.75 Å². The van der Waals surface area contributed by atoms with Crippen molar-refractivity contribution in [3.63, 3.8) is 0 Å². The van der Waals surface area contributed by atoms with Crippen molar-refractivity contribution >= 4 is 0 Å². The van der Waals surface area contributed by atoms with E-state index in [0.717, 1.165) is 24.2 Å². The molecule has 18 heavy (non-hydrogen) atoms. The summed E-state index contributed by atoms with van der Waals surface area (Å²) >= 11 is 0. The predicted molar refractivity (Wildman–Crippen MR) is 74.0 cm³/mol. The van der Waals surface area contributed by atoms with Crippen LogP contribution in [0.15, 0.2) is 24.3 Å². The maximum Gasteiger partial charge on any atom is 0.122 e. The minimum Gasteiger partial charge on any atom is -0.493 e.